The lowest BCUT2D eigenvalue weighted by Gasteiger charge is -2.12. The highest BCUT2D eigenvalue weighted by atomic mass is 16.1. The van der Waals surface area contributed by atoms with Crippen molar-refractivity contribution in [3.05, 3.63) is 41.9 Å². The molecule has 0 radical (unpaired) electrons. The largest absolute Gasteiger partial charge is 0.388 e. The van der Waals surface area contributed by atoms with Crippen LogP contribution in [0.1, 0.15) is 30.6 Å². The van der Waals surface area contributed by atoms with Crippen LogP contribution in [0, 0.1) is 5.41 Å². The Morgan fingerprint density at radius 1 is 1.44 bits per heavy atom. The van der Waals surface area contributed by atoms with Crippen LogP contribution >= 0.6 is 0 Å². The van der Waals surface area contributed by atoms with Gasteiger partial charge in [-0.05, 0) is 24.0 Å². The number of pyridine rings is 1. The van der Waals surface area contributed by atoms with Crippen LogP contribution in [0.25, 0.3) is 0 Å². The quantitative estimate of drug-likeness (QED) is 0.608. The monoisotopic (exact) mass is 216 g/mol. The number of allylic oxidation sites excluding steroid dienone is 2. The molecule has 1 saturated heterocycles. The van der Waals surface area contributed by atoms with E-state index in [4.69, 9.17) is 0 Å². The van der Waals surface area contributed by atoms with Crippen molar-refractivity contribution in [1.29, 1.82) is 0 Å². The molecular weight excluding hydrogens is 200 g/mol. The van der Waals surface area contributed by atoms with Crippen molar-refractivity contribution < 1.29 is 4.79 Å². The Bertz CT molecular complexity index is 421. The fraction of sp³-hybridized carbons (Fsp3) is 0.385. The van der Waals surface area contributed by atoms with Crippen molar-refractivity contribution in [3.63, 3.8) is 0 Å². The fourth-order valence-corrected chi connectivity index (χ4v) is 1.85. The minimum atomic E-state index is 0.0441. The van der Waals surface area contributed by atoms with Crippen LogP contribution in [0.2, 0.25) is 0 Å². The number of hydrogen-bond donors (Lipinski definition) is 1. The highest BCUT2D eigenvalue weighted by Gasteiger charge is 2.26. The van der Waals surface area contributed by atoms with Gasteiger partial charge in [-0.25, -0.2) is 0 Å². The Morgan fingerprint density at radius 2 is 2.12 bits per heavy atom. The minimum Gasteiger partial charge on any atom is -0.388 e. The van der Waals surface area contributed by atoms with Crippen LogP contribution < -0.4 is 5.32 Å². The zero-order valence-electron chi connectivity index (χ0n) is 9.66. The van der Waals surface area contributed by atoms with Gasteiger partial charge in [-0.2, -0.15) is 0 Å². The highest BCUT2D eigenvalue weighted by molar-refractivity contribution is 6.04. The van der Waals surface area contributed by atoms with Gasteiger partial charge < -0.3 is 5.32 Å². The molecule has 0 atom stereocenters. The Kier molecular flexibility index (Phi) is 2.77. The molecule has 0 aromatic carbocycles. The zero-order valence-corrected chi connectivity index (χ0v) is 9.66. The van der Waals surface area contributed by atoms with Crippen LogP contribution in [0.3, 0.4) is 0 Å². The maximum absolute atomic E-state index is 11.9. The van der Waals surface area contributed by atoms with Crippen molar-refractivity contribution in [2.75, 3.05) is 6.54 Å². The molecule has 0 unspecified atom stereocenters. The molecule has 3 nitrogen and oxygen atoms in total. The van der Waals surface area contributed by atoms with Gasteiger partial charge in [0.25, 0.3) is 0 Å². The normalized spacial score (nSPS) is 20.8. The lowest BCUT2D eigenvalue weighted by Crippen LogP contribution is -2.15. The molecule has 1 fully saturated rings. The van der Waals surface area contributed by atoms with E-state index < -0.39 is 0 Å². The number of rotatable bonds is 2. The van der Waals surface area contributed by atoms with Gasteiger partial charge in [0.05, 0.1) is 0 Å². The SMILES string of the molecule is CC1(C)CN/C(=C\C(=O)c2ccncc2)C1. The Labute approximate surface area is 95.6 Å². The number of nitrogens with one attached hydrogen (secondary N) is 1. The lowest BCUT2D eigenvalue weighted by atomic mass is 9.92. The third kappa shape index (κ3) is 2.48. The zero-order chi connectivity index (χ0) is 11.6. The second-order valence-corrected chi connectivity index (χ2v) is 4.96. The van der Waals surface area contributed by atoms with Crippen LogP contribution in [-0.4, -0.2) is 17.3 Å². The first-order valence-electron chi connectivity index (χ1n) is 5.46. The summed E-state index contributed by atoms with van der Waals surface area (Å²) in [5.41, 5.74) is 1.98. The first kappa shape index (κ1) is 10.9. The molecule has 1 N–H and O–H groups in total. The van der Waals surface area contributed by atoms with E-state index in [1.807, 2.05) is 0 Å². The first-order chi connectivity index (χ1) is 7.57. The molecule has 1 aliphatic rings. The summed E-state index contributed by atoms with van der Waals surface area (Å²) in [6.45, 7) is 5.32. The van der Waals surface area contributed by atoms with Gasteiger partial charge in [0, 0.05) is 36.3 Å². The number of hydrogen-bond acceptors (Lipinski definition) is 3. The van der Waals surface area contributed by atoms with E-state index in [9.17, 15) is 4.79 Å². The molecule has 16 heavy (non-hydrogen) atoms. The topological polar surface area (TPSA) is 42.0 Å². The summed E-state index contributed by atoms with van der Waals surface area (Å²) in [6, 6.07) is 3.47. The second kappa shape index (κ2) is 4.08. The molecule has 1 aliphatic heterocycles. The van der Waals surface area contributed by atoms with E-state index in [1.54, 1.807) is 30.6 Å². The molecule has 0 spiro atoms. The average Bonchev–Trinajstić information content (AvgIpc) is 2.59. The number of aromatic nitrogens is 1. The third-order valence-electron chi connectivity index (χ3n) is 2.73. The minimum absolute atomic E-state index is 0.0441. The van der Waals surface area contributed by atoms with Gasteiger partial charge in [0.2, 0.25) is 0 Å². The van der Waals surface area contributed by atoms with Crippen molar-refractivity contribution in [3.8, 4) is 0 Å². The van der Waals surface area contributed by atoms with E-state index in [0.717, 1.165) is 18.7 Å². The van der Waals surface area contributed by atoms with Gasteiger partial charge in [-0.3, -0.25) is 9.78 Å². The number of nitrogens with zero attached hydrogens (tertiary/aromatic N) is 1. The Hall–Kier alpha value is -1.64. The highest BCUT2D eigenvalue weighted by Crippen LogP contribution is 2.29. The molecule has 1 aromatic rings. The van der Waals surface area contributed by atoms with Crippen molar-refractivity contribution >= 4 is 5.78 Å². The molecule has 0 saturated carbocycles. The van der Waals surface area contributed by atoms with Crippen LogP contribution in [0.15, 0.2) is 36.3 Å². The summed E-state index contributed by atoms with van der Waals surface area (Å²) < 4.78 is 0. The summed E-state index contributed by atoms with van der Waals surface area (Å²) >= 11 is 0. The maximum atomic E-state index is 11.9. The standard InChI is InChI=1S/C13H16N2O/c1-13(2)8-11(15-9-13)7-12(16)10-3-5-14-6-4-10/h3-7,15H,8-9H2,1-2H3/b11-7-. The molecule has 1 aromatic heterocycles. The molecule has 0 bridgehead atoms. The van der Waals surface area contributed by atoms with E-state index in [1.165, 1.54) is 0 Å². The summed E-state index contributed by atoms with van der Waals surface area (Å²) in [5, 5.41) is 3.27. The van der Waals surface area contributed by atoms with E-state index >= 15 is 0 Å². The summed E-state index contributed by atoms with van der Waals surface area (Å²) in [4.78, 5) is 15.8. The number of carbonyl (C=O) groups is 1. The molecule has 2 heterocycles. The van der Waals surface area contributed by atoms with Gasteiger partial charge in [0.1, 0.15) is 0 Å². The van der Waals surface area contributed by atoms with Crippen molar-refractivity contribution in [1.82, 2.24) is 10.3 Å². The van der Waals surface area contributed by atoms with Gasteiger partial charge in [-0.15, -0.1) is 0 Å². The molecular formula is C13H16N2O. The molecule has 2 rings (SSSR count). The summed E-state index contributed by atoms with van der Waals surface area (Å²) in [6.07, 6.45) is 5.91. The molecule has 3 heteroatoms. The van der Waals surface area contributed by atoms with Gasteiger partial charge in [-0.1, -0.05) is 13.8 Å². The predicted molar refractivity (Wildman–Crippen MR) is 63.1 cm³/mol. The summed E-state index contributed by atoms with van der Waals surface area (Å²) in [7, 11) is 0. The average molecular weight is 216 g/mol. The lowest BCUT2D eigenvalue weighted by molar-refractivity contribution is 0.104. The molecule has 84 valence electrons. The van der Waals surface area contributed by atoms with Gasteiger partial charge >= 0.3 is 0 Å². The number of ketones is 1. The van der Waals surface area contributed by atoms with Crippen LogP contribution in [-0.2, 0) is 0 Å². The Morgan fingerprint density at radius 3 is 2.69 bits per heavy atom. The van der Waals surface area contributed by atoms with Crippen molar-refractivity contribution in [2.24, 2.45) is 5.41 Å². The van der Waals surface area contributed by atoms with Crippen LogP contribution in [0.5, 0.6) is 0 Å². The molecule has 0 aliphatic carbocycles. The maximum Gasteiger partial charge on any atom is 0.187 e. The van der Waals surface area contributed by atoms with E-state index in [-0.39, 0.29) is 11.2 Å². The molecule has 0 amide bonds. The predicted octanol–water partition coefficient (Wildman–Crippen LogP) is 2.17. The van der Waals surface area contributed by atoms with Gasteiger partial charge in [0.15, 0.2) is 5.78 Å². The van der Waals surface area contributed by atoms with E-state index in [0.29, 0.717) is 5.56 Å². The third-order valence-corrected chi connectivity index (χ3v) is 2.73. The summed E-state index contributed by atoms with van der Waals surface area (Å²) in [5.74, 6) is 0.0441. The van der Waals surface area contributed by atoms with Crippen molar-refractivity contribution in [2.45, 2.75) is 20.3 Å². The first-order valence-corrected chi connectivity index (χ1v) is 5.46. The fourth-order valence-electron chi connectivity index (χ4n) is 1.85. The number of carbonyl (C=O) groups excluding carboxylic acids is 1. The Balaban J connectivity index is 2.11. The second-order valence-electron chi connectivity index (χ2n) is 4.96. The van der Waals surface area contributed by atoms with Crippen LogP contribution in [0.4, 0.5) is 0 Å². The smallest absolute Gasteiger partial charge is 0.187 e. The van der Waals surface area contributed by atoms with E-state index in [2.05, 4.69) is 24.1 Å².